The highest BCUT2D eigenvalue weighted by Crippen LogP contribution is 2.13. The summed E-state index contributed by atoms with van der Waals surface area (Å²) in [6.45, 7) is 2.71. The van der Waals surface area contributed by atoms with Crippen molar-refractivity contribution in [1.82, 2.24) is 15.5 Å². The van der Waals surface area contributed by atoms with Gasteiger partial charge in [-0.25, -0.2) is 0 Å². The Labute approximate surface area is 99.1 Å². The molecule has 5 nitrogen and oxygen atoms in total. The van der Waals surface area contributed by atoms with E-state index < -0.39 is 0 Å². The second kappa shape index (κ2) is 7.56. The van der Waals surface area contributed by atoms with Crippen molar-refractivity contribution in [3.05, 3.63) is 5.01 Å². The topological polar surface area (TPSA) is 66.9 Å². The molecule has 7 heteroatoms. The molecule has 0 saturated carbocycles. The van der Waals surface area contributed by atoms with Gasteiger partial charge in [-0.3, -0.25) is 4.79 Å². The minimum atomic E-state index is -0.00333. The van der Waals surface area contributed by atoms with E-state index >= 15 is 0 Å². The standard InChI is InChI=1S/C8H14N4OS.ClH/c1-6-11-12-8(14-6)10-7(13)4-3-5-9-2;/h9H,3-5H2,1-2H3,(H,10,12,13);1H. The maximum Gasteiger partial charge on any atom is 0.226 e. The molecular weight excluding hydrogens is 236 g/mol. The first-order valence-corrected chi connectivity index (χ1v) is 5.28. The molecule has 1 heterocycles. The second-order valence-electron chi connectivity index (χ2n) is 2.88. The van der Waals surface area contributed by atoms with Crippen LogP contribution in [0.2, 0.25) is 0 Å². The van der Waals surface area contributed by atoms with Crippen molar-refractivity contribution in [2.24, 2.45) is 0 Å². The van der Waals surface area contributed by atoms with Crippen molar-refractivity contribution < 1.29 is 4.79 Å². The number of rotatable bonds is 5. The maximum atomic E-state index is 11.3. The number of halogens is 1. The number of carbonyl (C=O) groups is 1. The summed E-state index contributed by atoms with van der Waals surface area (Å²) < 4.78 is 0. The van der Waals surface area contributed by atoms with Crippen molar-refractivity contribution in [1.29, 1.82) is 0 Å². The molecule has 0 radical (unpaired) electrons. The van der Waals surface area contributed by atoms with Crippen molar-refractivity contribution in [3.63, 3.8) is 0 Å². The Morgan fingerprint density at radius 1 is 1.47 bits per heavy atom. The van der Waals surface area contributed by atoms with E-state index in [0.29, 0.717) is 11.6 Å². The molecule has 1 amide bonds. The van der Waals surface area contributed by atoms with Gasteiger partial charge in [-0.2, -0.15) is 0 Å². The molecule has 1 aromatic rings. The van der Waals surface area contributed by atoms with E-state index in [1.54, 1.807) is 0 Å². The van der Waals surface area contributed by atoms with Gasteiger partial charge in [-0.05, 0) is 26.9 Å². The Hall–Kier alpha value is -0.720. The first-order chi connectivity index (χ1) is 6.72. The molecule has 1 aromatic heterocycles. The van der Waals surface area contributed by atoms with E-state index in [2.05, 4.69) is 20.8 Å². The van der Waals surface area contributed by atoms with E-state index in [9.17, 15) is 4.79 Å². The monoisotopic (exact) mass is 250 g/mol. The lowest BCUT2D eigenvalue weighted by atomic mass is 10.3. The molecule has 0 saturated heterocycles. The van der Waals surface area contributed by atoms with E-state index in [-0.39, 0.29) is 18.3 Å². The third kappa shape index (κ3) is 5.66. The summed E-state index contributed by atoms with van der Waals surface area (Å²) in [5, 5.41) is 14.7. The zero-order chi connectivity index (χ0) is 10.4. The summed E-state index contributed by atoms with van der Waals surface area (Å²) in [6, 6.07) is 0. The predicted octanol–water partition coefficient (Wildman–Crippen LogP) is 1.21. The average molecular weight is 251 g/mol. The van der Waals surface area contributed by atoms with E-state index in [4.69, 9.17) is 0 Å². The summed E-state index contributed by atoms with van der Waals surface area (Å²) >= 11 is 1.39. The Balaban J connectivity index is 0.00000196. The maximum absolute atomic E-state index is 11.3. The van der Waals surface area contributed by atoms with E-state index in [1.165, 1.54) is 11.3 Å². The highest BCUT2D eigenvalue weighted by molar-refractivity contribution is 7.15. The van der Waals surface area contributed by atoms with Crippen LogP contribution in [-0.2, 0) is 4.79 Å². The highest BCUT2D eigenvalue weighted by Gasteiger charge is 2.05. The summed E-state index contributed by atoms with van der Waals surface area (Å²) in [4.78, 5) is 11.3. The van der Waals surface area contributed by atoms with Crippen LogP contribution in [0.15, 0.2) is 0 Å². The Bertz CT molecular complexity index is 305. The second-order valence-corrected chi connectivity index (χ2v) is 4.06. The molecule has 0 atom stereocenters. The molecular formula is C8H15ClN4OS. The van der Waals surface area contributed by atoms with Gasteiger partial charge in [-0.1, -0.05) is 11.3 Å². The number of hydrogen-bond donors (Lipinski definition) is 2. The van der Waals surface area contributed by atoms with Gasteiger partial charge in [0.15, 0.2) is 0 Å². The summed E-state index contributed by atoms with van der Waals surface area (Å²) in [5.41, 5.74) is 0. The van der Waals surface area contributed by atoms with Crippen LogP contribution in [0, 0.1) is 6.92 Å². The van der Waals surface area contributed by atoms with Crippen LogP contribution in [0.4, 0.5) is 5.13 Å². The fraction of sp³-hybridized carbons (Fsp3) is 0.625. The van der Waals surface area contributed by atoms with Gasteiger partial charge in [0.2, 0.25) is 11.0 Å². The highest BCUT2D eigenvalue weighted by atomic mass is 35.5. The molecule has 2 N–H and O–H groups in total. The Morgan fingerprint density at radius 2 is 2.20 bits per heavy atom. The predicted molar refractivity (Wildman–Crippen MR) is 63.7 cm³/mol. The Kier molecular flexibility index (Phi) is 7.19. The molecule has 0 aliphatic rings. The first-order valence-electron chi connectivity index (χ1n) is 4.47. The lowest BCUT2D eigenvalue weighted by Crippen LogP contribution is -2.15. The quantitative estimate of drug-likeness (QED) is 0.771. The van der Waals surface area contributed by atoms with E-state index in [0.717, 1.165) is 18.0 Å². The first kappa shape index (κ1) is 14.3. The zero-order valence-electron chi connectivity index (χ0n) is 8.74. The number of amides is 1. The normalized spacial score (nSPS) is 9.47. The smallest absolute Gasteiger partial charge is 0.226 e. The molecule has 15 heavy (non-hydrogen) atoms. The fourth-order valence-electron chi connectivity index (χ4n) is 0.955. The summed E-state index contributed by atoms with van der Waals surface area (Å²) in [6.07, 6.45) is 1.35. The minimum absolute atomic E-state index is 0. The van der Waals surface area contributed by atoms with E-state index in [1.807, 2.05) is 14.0 Å². The molecule has 0 unspecified atom stereocenters. The van der Waals surface area contributed by atoms with Crippen molar-refractivity contribution in [2.75, 3.05) is 18.9 Å². The van der Waals surface area contributed by atoms with Crippen molar-refractivity contribution in [3.8, 4) is 0 Å². The number of nitrogens with one attached hydrogen (secondary N) is 2. The lowest BCUT2D eigenvalue weighted by molar-refractivity contribution is -0.116. The van der Waals surface area contributed by atoms with Gasteiger partial charge in [-0.15, -0.1) is 22.6 Å². The van der Waals surface area contributed by atoms with Gasteiger partial charge in [0.1, 0.15) is 5.01 Å². The number of hydrogen-bond acceptors (Lipinski definition) is 5. The number of carbonyl (C=O) groups excluding carboxylic acids is 1. The third-order valence-electron chi connectivity index (χ3n) is 1.60. The molecule has 0 aromatic carbocycles. The van der Waals surface area contributed by atoms with Crippen molar-refractivity contribution >= 4 is 34.8 Å². The summed E-state index contributed by atoms with van der Waals surface area (Å²) in [5.74, 6) is -0.00333. The number of aryl methyl sites for hydroxylation is 1. The van der Waals surface area contributed by atoms with Gasteiger partial charge >= 0.3 is 0 Å². The van der Waals surface area contributed by atoms with Gasteiger partial charge in [0, 0.05) is 6.42 Å². The van der Waals surface area contributed by atoms with Crippen molar-refractivity contribution in [2.45, 2.75) is 19.8 Å². The fourth-order valence-corrected chi connectivity index (χ4v) is 1.56. The molecule has 0 aliphatic carbocycles. The minimum Gasteiger partial charge on any atom is -0.320 e. The number of anilines is 1. The molecule has 0 spiro atoms. The summed E-state index contributed by atoms with van der Waals surface area (Å²) in [7, 11) is 1.87. The van der Waals surface area contributed by atoms with Crippen LogP contribution in [0.25, 0.3) is 0 Å². The molecule has 0 aliphatic heterocycles. The molecule has 86 valence electrons. The third-order valence-corrected chi connectivity index (χ3v) is 2.36. The zero-order valence-corrected chi connectivity index (χ0v) is 10.4. The van der Waals surface area contributed by atoms with Crippen LogP contribution >= 0.6 is 23.7 Å². The molecule has 0 fully saturated rings. The largest absolute Gasteiger partial charge is 0.320 e. The SMILES string of the molecule is CNCCCC(=O)Nc1nnc(C)s1.Cl. The van der Waals surface area contributed by atoms with Gasteiger partial charge < -0.3 is 10.6 Å². The lowest BCUT2D eigenvalue weighted by Gasteiger charge is -1.99. The van der Waals surface area contributed by atoms with Crippen LogP contribution in [0.3, 0.4) is 0 Å². The Morgan fingerprint density at radius 3 is 2.73 bits per heavy atom. The van der Waals surface area contributed by atoms with Crippen LogP contribution in [0.5, 0.6) is 0 Å². The van der Waals surface area contributed by atoms with Gasteiger partial charge in [0.05, 0.1) is 0 Å². The van der Waals surface area contributed by atoms with Crippen LogP contribution in [0.1, 0.15) is 17.8 Å². The number of aromatic nitrogens is 2. The number of nitrogens with zero attached hydrogens (tertiary/aromatic N) is 2. The molecule has 0 bridgehead atoms. The average Bonchev–Trinajstić information content (AvgIpc) is 2.52. The van der Waals surface area contributed by atoms with Crippen LogP contribution < -0.4 is 10.6 Å². The van der Waals surface area contributed by atoms with Gasteiger partial charge in [0.25, 0.3) is 0 Å². The van der Waals surface area contributed by atoms with Crippen LogP contribution in [-0.4, -0.2) is 29.7 Å². The molecule has 1 rings (SSSR count).